The normalized spacial score (nSPS) is 13.7. The molecule has 0 fully saturated rings. The van der Waals surface area contributed by atoms with E-state index in [1.165, 1.54) is 4.90 Å². The van der Waals surface area contributed by atoms with E-state index < -0.39 is 0 Å². The van der Waals surface area contributed by atoms with E-state index in [1.807, 2.05) is 56.3 Å². The van der Waals surface area contributed by atoms with Crippen molar-refractivity contribution in [2.45, 2.75) is 13.8 Å². The fourth-order valence-electron chi connectivity index (χ4n) is 3.39. The molecule has 23 heavy (non-hydrogen) atoms. The predicted octanol–water partition coefficient (Wildman–Crippen LogP) is 4.26. The molecule has 0 aliphatic carbocycles. The van der Waals surface area contributed by atoms with Crippen LogP contribution < -0.4 is 4.90 Å². The molecule has 1 aliphatic rings. The lowest BCUT2D eigenvalue weighted by atomic mass is 9.93. The summed E-state index contributed by atoms with van der Waals surface area (Å²) in [7, 11) is 0. The second-order valence-electron chi connectivity index (χ2n) is 5.90. The molecule has 0 spiro atoms. The number of imide groups is 1. The summed E-state index contributed by atoms with van der Waals surface area (Å²) in [6.45, 7) is 3.84. The molecule has 3 aromatic carbocycles. The Morgan fingerprint density at radius 3 is 1.70 bits per heavy atom. The molecule has 3 nitrogen and oxygen atoms in total. The van der Waals surface area contributed by atoms with Gasteiger partial charge in [0.2, 0.25) is 0 Å². The van der Waals surface area contributed by atoms with E-state index in [9.17, 15) is 9.59 Å². The third-order valence-corrected chi connectivity index (χ3v) is 4.43. The second kappa shape index (κ2) is 4.78. The highest BCUT2D eigenvalue weighted by Crippen LogP contribution is 2.35. The Hall–Kier alpha value is -2.94. The van der Waals surface area contributed by atoms with Crippen LogP contribution in [0.15, 0.2) is 54.6 Å². The highest BCUT2D eigenvalue weighted by atomic mass is 16.2. The largest absolute Gasteiger partial charge is 0.268 e. The van der Waals surface area contributed by atoms with Gasteiger partial charge in [-0.25, -0.2) is 4.90 Å². The van der Waals surface area contributed by atoms with Crippen LogP contribution in [0.4, 0.5) is 5.69 Å². The second-order valence-corrected chi connectivity index (χ2v) is 5.90. The van der Waals surface area contributed by atoms with Gasteiger partial charge in [-0.2, -0.15) is 0 Å². The average molecular weight is 301 g/mol. The van der Waals surface area contributed by atoms with Gasteiger partial charge >= 0.3 is 0 Å². The molecular formula is C20H15NO2. The predicted molar refractivity (Wildman–Crippen MR) is 91.0 cm³/mol. The van der Waals surface area contributed by atoms with E-state index in [4.69, 9.17) is 0 Å². The van der Waals surface area contributed by atoms with Crippen molar-refractivity contribution >= 4 is 28.3 Å². The van der Waals surface area contributed by atoms with Gasteiger partial charge in [-0.1, -0.05) is 42.5 Å². The van der Waals surface area contributed by atoms with E-state index in [0.717, 1.165) is 21.9 Å². The summed E-state index contributed by atoms with van der Waals surface area (Å²) >= 11 is 0. The summed E-state index contributed by atoms with van der Waals surface area (Å²) in [5, 5.41) is 1.68. The fraction of sp³-hybridized carbons (Fsp3) is 0.100. The van der Waals surface area contributed by atoms with Crippen LogP contribution in [0.1, 0.15) is 31.8 Å². The number of aryl methyl sites for hydroxylation is 2. The van der Waals surface area contributed by atoms with Crippen LogP contribution in [-0.4, -0.2) is 11.8 Å². The average Bonchev–Trinajstić information content (AvgIpc) is 2.55. The Balaban J connectivity index is 2.04. The smallest absolute Gasteiger partial charge is 0.266 e. The van der Waals surface area contributed by atoms with Gasteiger partial charge in [0, 0.05) is 16.5 Å². The van der Waals surface area contributed by atoms with Crippen molar-refractivity contribution < 1.29 is 9.59 Å². The molecule has 3 heteroatoms. The molecule has 112 valence electrons. The number of rotatable bonds is 1. The molecule has 1 aliphatic heterocycles. The third-order valence-electron chi connectivity index (χ3n) is 4.43. The Bertz CT molecular complexity index is 917. The first-order valence-corrected chi connectivity index (χ1v) is 7.56. The van der Waals surface area contributed by atoms with Gasteiger partial charge in [-0.05, 0) is 42.5 Å². The van der Waals surface area contributed by atoms with Crippen LogP contribution >= 0.6 is 0 Å². The first-order chi connectivity index (χ1) is 11.1. The van der Waals surface area contributed by atoms with Crippen molar-refractivity contribution in [3.05, 3.63) is 76.9 Å². The van der Waals surface area contributed by atoms with Crippen molar-refractivity contribution in [3.8, 4) is 0 Å². The van der Waals surface area contributed by atoms with Crippen molar-refractivity contribution in [2.75, 3.05) is 4.90 Å². The minimum Gasteiger partial charge on any atom is -0.268 e. The molecule has 0 saturated carbocycles. The monoisotopic (exact) mass is 301 g/mol. The number of carbonyl (C=O) groups is 2. The zero-order valence-electron chi connectivity index (χ0n) is 13.0. The summed E-state index contributed by atoms with van der Waals surface area (Å²) in [4.78, 5) is 27.4. The SMILES string of the molecule is Cc1cccc(C)c1N1C(=O)c2cccc3cccc(c23)C1=O. The molecule has 2 amide bonds. The van der Waals surface area contributed by atoms with Crippen molar-refractivity contribution in [2.24, 2.45) is 0 Å². The summed E-state index contributed by atoms with van der Waals surface area (Å²) in [5.41, 5.74) is 3.69. The number of para-hydroxylation sites is 1. The van der Waals surface area contributed by atoms with Gasteiger partial charge in [0.15, 0.2) is 0 Å². The molecule has 0 unspecified atom stereocenters. The maximum Gasteiger partial charge on any atom is 0.266 e. The van der Waals surface area contributed by atoms with Gasteiger partial charge in [0.05, 0.1) is 5.69 Å². The molecule has 0 atom stereocenters. The van der Waals surface area contributed by atoms with E-state index in [-0.39, 0.29) is 11.8 Å². The summed E-state index contributed by atoms with van der Waals surface area (Å²) < 4.78 is 0. The lowest BCUT2D eigenvalue weighted by molar-refractivity contribution is 0.0893. The molecular weight excluding hydrogens is 286 g/mol. The van der Waals surface area contributed by atoms with Crippen LogP contribution in [0, 0.1) is 13.8 Å². The maximum absolute atomic E-state index is 13.0. The minimum absolute atomic E-state index is 0.253. The Labute approximate surface area is 134 Å². The van der Waals surface area contributed by atoms with Crippen LogP contribution in [0.5, 0.6) is 0 Å². The number of amides is 2. The molecule has 3 aromatic rings. The number of anilines is 1. The highest BCUT2D eigenvalue weighted by molar-refractivity contribution is 6.36. The molecule has 0 N–H and O–H groups in total. The first-order valence-electron chi connectivity index (χ1n) is 7.56. The van der Waals surface area contributed by atoms with Gasteiger partial charge in [-0.3, -0.25) is 9.59 Å². The topological polar surface area (TPSA) is 37.4 Å². The maximum atomic E-state index is 13.0. The number of nitrogens with zero attached hydrogens (tertiary/aromatic N) is 1. The molecule has 0 saturated heterocycles. The molecule has 0 aromatic heterocycles. The summed E-state index contributed by atoms with van der Waals surface area (Å²) in [6.07, 6.45) is 0. The Kier molecular flexibility index (Phi) is 2.85. The molecule has 4 rings (SSSR count). The number of carbonyl (C=O) groups excluding carboxylic acids is 2. The third kappa shape index (κ3) is 1.83. The quantitative estimate of drug-likeness (QED) is 0.630. The lowest BCUT2D eigenvalue weighted by Crippen LogP contribution is -2.41. The van der Waals surface area contributed by atoms with Gasteiger partial charge in [0.25, 0.3) is 11.8 Å². The van der Waals surface area contributed by atoms with Crippen LogP contribution in [0.25, 0.3) is 10.8 Å². The number of hydrogen-bond acceptors (Lipinski definition) is 2. The van der Waals surface area contributed by atoms with Crippen LogP contribution in [0.2, 0.25) is 0 Å². The van der Waals surface area contributed by atoms with E-state index >= 15 is 0 Å². The van der Waals surface area contributed by atoms with Crippen molar-refractivity contribution in [1.82, 2.24) is 0 Å². The zero-order chi connectivity index (χ0) is 16.1. The van der Waals surface area contributed by atoms with E-state index in [1.54, 1.807) is 12.1 Å². The fourth-order valence-corrected chi connectivity index (χ4v) is 3.39. The Morgan fingerprint density at radius 1 is 0.696 bits per heavy atom. The molecule has 1 heterocycles. The summed E-state index contributed by atoms with van der Waals surface area (Å²) in [6, 6.07) is 16.9. The molecule has 0 bridgehead atoms. The minimum atomic E-state index is -0.253. The van der Waals surface area contributed by atoms with E-state index in [0.29, 0.717) is 16.8 Å². The van der Waals surface area contributed by atoms with Crippen LogP contribution in [0.3, 0.4) is 0 Å². The lowest BCUT2D eigenvalue weighted by Gasteiger charge is -2.29. The first kappa shape index (κ1) is 13.7. The van der Waals surface area contributed by atoms with Crippen LogP contribution in [-0.2, 0) is 0 Å². The zero-order valence-corrected chi connectivity index (χ0v) is 13.0. The Morgan fingerprint density at radius 2 is 1.17 bits per heavy atom. The van der Waals surface area contributed by atoms with Gasteiger partial charge in [0.1, 0.15) is 0 Å². The van der Waals surface area contributed by atoms with Gasteiger partial charge in [-0.15, -0.1) is 0 Å². The number of hydrogen-bond donors (Lipinski definition) is 0. The van der Waals surface area contributed by atoms with Crippen molar-refractivity contribution in [3.63, 3.8) is 0 Å². The standard InChI is InChI=1S/C20H15NO2/c1-12-6-3-7-13(2)18(12)21-19(22)15-10-4-8-14-9-5-11-16(17(14)15)20(21)23/h3-11H,1-2H3. The molecule has 0 radical (unpaired) electrons. The summed E-state index contributed by atoms with van der Waals surface area (Å²) in [5.74, 6) is -0.506. The number of benzene rings is 3. The van der Waals surface area contributed by atoms with Gasteiger partial charge < -0.3 is 0 Å². The van der Waals surface area contributed by atoms with E-state index in [2.05, 4.69) is 0 Å². The highest BCUT2D eigenvalue weighted by Gasteiger charge is 2.35. The van der Waals surface area contributed by atoms with Crippen molar-refractivity contribution in [1.29, 1.82) is 0 Å².